The predicted octanol–water partition coefficient (Wildman–Crippen LogP) is 7.07. The van der Waals surface area contributed by atoms with Gasteiger partial charge in [-0.2, -0.15) is 26.3 Å². The molecule has 0 aromatic heterocycles. The molecule has 0 bridgehead atoms. The smallest absolute Gasteiger partial charge is 0.326 e. The summed E-state index contributed by atoms with van der Waals surface area (Å²) in [5.41, 5.74) is -2.46. The summed E-state index contributed by atoms with van der Waals surface area (Å²) in [5.74, 6) is -11.7. The highest BCUT2D eigenvalue weighted by molar-refractivity contribution is 6.52. The molecule has 212 valence electrons. The Bertz CT molecular complexity index is 1300. The van der Waals surface area contributed by atoms with Gasteiger partial charge in [-0.15, -0.1) is 23.2 Å². The van der Waals surface area contributed by atoms with E-state index in [1.54, 1.807) is 0 Å². The molecule has 1 unspecified atom stereocenters. The van der Waals surface area contributed by atoms with Crippen molar-refractivity contribution in [3.8, 4) is 0 Å². The van der Waals surface area contributed by atoms with E-state index in [1.165, 1.54) is 17.4 Å². The first-order valence-corrected chi connectivity index (χ1v) is 11.7. The minimum Gasteiger partial charge on any atom is -0.326 e. The van der Waals surface area contributed by atoms with Crippen LogP contribution in [0, 0.1) is 23.5 Å². The van der Waals surface area contributed by atoms with Gasteiger partial charge in [-0.25, -0.2) is 8.78 Å². The molecule has 3 N–H and O–H groups in total. The van der Waals surface area contributed by atoms with Gasteiger partial charge in [0.1, 0.15) is 15.8 Å². The Hall–Kier alpha value is -2.84. The number of rotatable bonds is 7. The molecule has 0 spiro atoms. The van der Waals surface area contributed by atoms with Gasteiger partial charge < -0.3 is 16.0 Å². The number of nitrogens with one attached hydrogen (secondary N) is 3. The molecule has 17 heteroatoms. The molecule has 0 heterocycles. The topological polar surface area (TPSA) is 87.3 Å². The quantitative estimate of drug-likeness (QED) is 0.227. The van der Waals surface area contributed by atoms with Crippen molar-refractivity contribution in [2.75, 3.05) is 16.0 Å². The highest BCUT2D eigenvalue weighted by Gasteiger charge is 2.57. The molecule has 1 aliphatic rings. The van der Waals surface area contributed by atoms with Crippen molar-refractivity contribution in [3.63, 3.8) is 0 Å². The van der Waals surface area contributed by atoms with E-state index in [0.717, 1.165) is 6.07 Å². The molecule has 0 radical (unpaired) electrons. The second kappa shape index (κ2) is 11.0. The molecule has 39 heavy (non-hydrogen) atoms. The van der Waals surface area contributed by atoms with Crippen molar-refractivity contribution in [2.24, 2.45) is 11.8 Å². The summed E-state index contributed by atoms with van der Waals surface area (Å²) in [5, 5.41) is 5.61. The largest absolute Gasteiger partial charge is 0.400 e. The highest BCUT2D eigenvalue weighted by atomic mass is 35.5. The van der Waals surface area contributed by atoms with Crippen LogP contribution in [0.2, 0.25) is 5.02 Å². The van der Waals surface area contributed by atoms with E-state index in [-0.39, 0.29) is 22.7 Å². The van der Waals surface area contributed by atoms with E-state index >= 15 is 0 Å². The Labute approximate surface area is 229 Å². The molecule has 6 nitrogen and oxygen atoms in total. The summed E-state index contributed by atoms with van der Waals surface area (Å²) >= 11 is 17.7. The van der Waals surface area contributed by atoms with Crippen LogP contribution in [0.25, 0.3) is 0 Å². The third-order valence-corrected chi connectivity index (χ3v) is 6.57. The fourth-order valence-corrected chi connectivity index (χ4v) is 3.96. The van der Waals surface area contributed by atoms with Gasteiger partial charge >= 0.3 is 12.4 Å². The first-order chi connectivity index (χ1) is 17.8. The van der Waals surface area contributed by atoms with Crippen LogP contribution in [-0.4, -0.2) is 34.4 Å². The number of hydrogen-bond acceptors (Lipinski definition) is 3. The van der Waals surface area contributed by atoms with Gasteiger partial charge in [-0.3, -0.25) is 14.4 Å². The van der Waals surface area contributed by atoms with Gasteiger partial charge in [0.15, 0.2) is 11.7 Å². The van der Waals surface area contributed by atoms with Crippen molar-refractivity contribution in [3.05, 3.63) is 52.6 Å². The third-order valence-electron chi connectivity index (χ3n) is 5.40. The zero-order chi connectivity index (χ0) is 29.5. The van der Waals surface area contributed by atoms with Gasteiger partial charge in [0, 0.05) is 12.1 Å². The predicted molar refractivity (Wildman–Crippen MR) is 126 cm³/mol. The van der Waals surface area contributed by atoms with Crippen LogP contribution in [0.1, 0.15) is 23.2 Å². The number of amides is 3. The molecular formula is C22H14Cl3F8N3O3. The highest BCUT2D eigenvalue weighted by Crippen LogP contribution is 2.53. The lowest BCUT2D eigenvalue weighted by atomic mass is 10.0. The lowest BCUT2D eigenvalue weighted by Crippen LogP contribution is -2.39. The maximum atomic E-state index is 14.9. The summed E-state index contributed by atoms with van der Waals surface area (Å²) in [6.45, 7) is 0. The van der Waals surface area contributed by atoms with Gasteiger partial charge in [0.2, 0.25) is 11.8 Å². The Kier molecular flexibility index (Phi) is 8.63. The summed E-state index contributed by atoms with van der Waals surface area (Å²) < 4.78 is 104. The minimum absolute atomic E-state index is 0.0713. The molecule has 3 rings (SSSR count). The molecule has 1 saturated carbocycles. The van der Waals surface area contributed by atoms with Crippen LogP contribution in [0.4, 0.5) is 52.2 Å². The molecule has 0 saturated heterocycles. The number of anilines is 3. The van der Waals surface area contributed by atoms with E-state index in [1.807, 2.05) is 5.32 Å². The van der Waals surface area contributed by atoms with Gasteiger partial charge in [0.25, 0.3) is 5.91 Å². The van der Waals surface area contributed by atoms with Crippen LogP contribution >= 0.6 is 34.8 Å². The number of carbonyl (C=O) groups excluding carboxylic acids is 3. The molecule has 1 fully saturated rings. The van der Waals surface area contributed by atoms with E-state index in [0.29, 0.717) is 12.1 Å². The molecule has 0 aliphatic heterocycles. The molecule has 1 atom stereocenters. The second-order valence-corrected chi connectivity index (χ2v) is 10.3. The third kappa shape index (κ3) is 7.42. The maximum absolute atomic E-state index is 14.9. The average molecular weight is 627 g/mol. The minimum atomic E-state index is -5.86. The Balaban J connectivity index is 1.78. The van der Waals surface area contributed by atoms with Crippen LogP contribution in [0.15, 0.2) is 30.3 Å². The molecule has 2 aromatic rings. The van der Waals surface area contributed by atoms with Crippen molar-refractivity contribution in [1.29, 1.82) is 0 Å². The van der Waals surface area contributed by atoms with E-state index in [4.69, 9.17) is 34.8 Å². The standard InChI is InChI=1S/C22H14Cl3F8N3O3/c23-11-2-1-8(34-19(39)10-7-20(10,24)25)5-9(11)18(38)35-13-4-3-12(26)17(16(13)27)36-15(37)6-14(21(28,29)30)22(31,32)33/h1-5,10,14H,6-7H2,(H,34,39)(H,35,38)(H,36,37). The Morgan fingerprint density at radius 1 is 0.949 bits per heavy atom. The fourth-order valence-electron chi connectivity index (χ4n) is 3.25. The summed E-state index contributed by atoms with van der Waals surface area (Å²) in [7, 11) is 0. The number of benzene rings is 2. The van der Waals surface area contributed by atoms with Crippen LogP contribution < -0.4 is 16.0 Å². The lowest BCUT2D eigenvalue weighted by Gasteiger charge is -2.22. The van der Waals surface area contributed by atoms with Gasteiger partial charge in [-0.1, -0.05) is 11.6 Å². The number of alkyl halides is 8. The molecule has 2 aromatic carbocycles. The maximum Gasteiger partial charge on any atom is 0.400 e. The fraction of sp³-hybridized carbons (Fsp3) is 0.318. The zero-order valence-electron chi connectivity index (χ0n) is 18.8. The van der Waals surface area contributed by atoms with Crippen LogP contribution in [-0.2, 0) is 9.59 Å². The van der Waals surface area contributed by atoms with E-state index in [9.17, 15) is 49.5 Å². The number of hydrogen-bond donors (Lipinski definition) is 3. The van der Waals surface area contributed by atoms with Crippen molar-refractivity contribution >= 4 is 69.6 Å². The summed E-state index contributed by atoms with van der Waals surface area (Å²) in [4.78, 5) is 36.7. The van der Waals surface area contributed by atoms with Gasteiger partial charge in [-0.05, 0) is 36.8 Å². The zero-order valence-corrected chi connectivity index (χ0v) is 21.1. The monoisotopic (exact) mass is 625 g/mol. The summed E-state index contributed by atoms with van der Waals surface area (Å²) in [6.07, 6.45) is -13.7. The average Bonchev–Trinajstić information content (AvgIpc) is 3.44. The van der Waals surface area contributed by atoms with Crippen molar-refractivity contribution in [1.82, 2.24) is 0 Å². The number of carbonyl (C=O) groups is 3. The molecular weight excluding hydrogens is 613 g/mol. The Morgan fingerprint density at radius 3 is 2.08 bits per heavy atom. The van der Waals surface area contributed by atoms with Gasteiger partial charge in [0.05, 0.1) is 22.2 Å². The Morgan fingerprint density at radius 2 is 1.54 bits per heavy atom. The van der Waals surface area contributed by atoms with Crippen LogP contribution in [0.5, 0.6) is 0 Å². The molecule has 3 amide bonds. The SMILES string of the molecule is O=C(CC(C(F)(F)F)C(F)(F)F)Nc1c(F)ccc(NC(=O)c2cc(NC(=O)C3CC3(Cl)Cl)ccc2Cl)c1F. The second-order valence-electron chi connectivity index (χ2n) is 8.33. The first kappa shape index (κ1) is 30.7. The van der Waals surface area contributed by atoms with Crippen molar-refractivity contribution < 1.29 is 49.5 Å². The summed E-state index contributed by atoms with van der Waals surface area (Å²) in [6, 6.07) is 4.81. The normalized spacial score (nSPS) is 16.6. The molecule has 1 aliphatic carbocycles. The first-order valence-electron chi connectivity index (χ1n) is 10.5. The van der Waals surface area contributed by atoms with E-state index < -0.39 is 75.7 Å². The lowest BCUT2D eigenvalue weighted by molar-refractivity contribution is -0.283. The van der Waals surface area contributed by atoms with Crippen LogP contribution in [0.3, 0.4) is 0 Å². The van der Waals surface area contributed by atoms with E-state index in [2.05, 4.69) is 5.32 Å². The number of halogens is 11. The van der Waals surface area contributed by atoms with Crippen molar-refractivity contribution in [2.45, 2.75) is 29.5 Å².